The number of aryl methyl sites for hydroxylation is 2. The Hall–Kier alpha value is -3.56. The number of pyridine rings is 1. The van der Waals surface area contributed by atoms with E-state index in [0.717, 1.165) is 16.7 Å². The van der Waals surface area contributed by atoms with Crippen molar-refractivity contribution in [2.75, 3.05) is 7.11 Å². The number of ether oxygens (including phenoxy) is 3. The fourth-order valence-electron chi connectivity index (χ4n) is 3.83. The third-order valence-electron chi connectivity index (χ3n) is 5.74. The lowest BCUT2D eigenvalue weighted by atomic mass is 9.88. The molecule has 10 heteroatoms. The summed E-state index contributed by atoms with van der Waals surface area (Å²) >= 11 is 12.1. The molecule has 0 spiro atoms. The molecular weight excluding hydrogens is 531 g/mol. The number of methoxy groups -OCH3 is 1. The fourth-order valence-corrected chi connectivity index (χ4v) is 4.53. The smallest absolute Gasteiger partial charge is 0.329 e. The highest BCUT2D eigenvalue weighted by Crippen LogP contribution is 2.35. The molecule has 2 aromatic carbocycles. The average molecular weight is 559 g/mol. The van der Waals surface area contributed by atoms with Gasteiger partial charge < -0.3 is 19.5 Å². The molecule has 3 rings (SSSR count). The summed E-state index contributed by atoms with van der Waals surface area (Å²) in [6, 6.07) is 12.6. The van der Waals surface area contributed by atoms with Crippen LogP contribution in [0.2, 0.25) is 0 Å². The minimum absolute atomic E-state index is 0.0296. The quantitative estimate of drug-likeness (QED) is 0.213. The van der Waals surface area contributed by atoms with E-state index in [9.17, 15) is 14.0 Å². The molecule has 0 aliphatic rings. The van der Waals surface area contributed by atoms with Crippen LogP contribution in [0, 0.1) is 19.7 Å². The normalized spacial score (nSPS) is 13.1. The van der Waals surface area contributed by atoms with E-state index in [2.05, 4.69) is 10.3 Å². The van der Waals surface area contributed by atoms with E-state index in [4.69, 9.17) is 38.0 Å². The van der Waals surface area contributed by atoms with Gasteiger partial charge >= 0.3 is 11.9 Å². The molecule has 0 unspecified atom stereocenters. The van der Waals surface area contributed by atoms with Gasteiger partial charge in [0.2, 0.25) is 5.75 Å². The number of alkyl halides is 1. The number of nitrogens with one attached hydrogen (secondary N) is 1. The van der Waals surface area contributed by atoms with E-state index >= 15 is 0 Å². The van der Waals surface area contributed by atoms with Gasteiger partial charge in [0.1, 0.15) is 22.5 Å². The molecule has 3 atom stereocenters. The summed E-state index contributed by atoms with van der Waals surface area (Å²) in [5.74, 6) is -1.92. The number of hydrogen-bond donors (Lipinski definition) is 1. The molecule has 0 radical (unpaired) electrons. The van der Waals surface area contributed by atoms with Gasteiger partial charge in [0.05, 0.1) is 13.0 Å². The number of hydrogen-bond acceptors (Lipinski definition) is 7. The van der Waals surface area contributed by atoms with Gasteiger partial charge in [-0.15, -0.1) is 0 Å². The molecule has 3 aromatic rings. The van der Waals surface area contributed by atoms with E-state index in [1.165, 1.54) is 38.4 Å². The van der Waals surface area contributed by atoms with Crippen molar-refractivity contribution in [1.82, 2.24) is 10.3 Å². The molecule has 1 heterocycles. The molecule has 200 valence electrons. The number of thiocarbonyl (C=S) groups is 1. The van der Waals surface area contributed by atoms with Crippen LogP contribution in [0.25, 0.3) is 0 Å². The largest absolute Gasteiger partial charge is 0.493 e. The third-order valence-corrected chi connectivity index (χ3v) is 6.40. The summed E-state index contributed by atoms with van der Waals surface area (Å²) in [5.41, 5.74) is 2.27. The number of benzene rings is 2. The molecule has 1 aromatic heterocycles. The lowest BCUT2D eigenvalue weighted by Gasteiger charge is -2.26. The zero-order valence-electron chi connectivity index (χ0n) is 21.6. The summed E-state index contributed by atoms with van der Waals surface area (Å²) in [7, 11) is 1.41. The third kappa shape index (κ3) is 7.05. The second kappa shape index (κ2) is 12.8. The molecular formula is C28H28ClFN2O5S. The number of esters is 2. The van der Waals surface area contributed by atoms with Crippen molar-refractivity contribution in [2.45, 2.75) is 45.2 Å². The lowest BCUT2D eigenvalue weighted by Crippen LogP contribution is -2.41. The summed E-state index contributed by atoms with van der Waals surface area (Å²) in [6.45, 7) is 6.52. The van der Waals surface area contributed by atoms with Crippen molar-refractivity contribution in [3.8, 4) is 11.5 Å². The van der Waals surface area contributed by atoms with E-state index in [1.807, 2.05) is 31.2 Å². The predicted octanol–water partition coefficient (Wildman–Crippen LogP) is 5.37. The molecule has 0 saturated carbocycles. The molecule has 0 bridgehead atoms. The van der Waals surface area contributed by atoms with Crippen LogP contribution < -0.4 is 14.8 Å². The monoisotopic (exact) mass is 558 g/mol. The first-order valence-corrected chi connectivity index (χ1v) is 12.6. The Labute approximate surface area is 231 Å². The summed E-state index contributed by atoms with van der Waals surface area (Å²) in [6.07, 6.45) is 1.43. The van der Waals surface area contributed by atoms with Crippen LogP contribution in [0.5, 0.6) is 11.5 Å². The van der Waals surface area contributed by atoms with Crippen LogP contribution in [0.3, 0.4) is 0 Å². The Morgan fingerprint density at radius 2 is 1.79 bits per heavy atom. The van der Waals surface area contributed by atoms with Gasteiger partial charge in [0, 0.05) is 19.2 Å². The molecule has 38 heavy (non-hydrogen) atoms. The molecule has 7 nitrogen and oxygen atoms in total. The average Bonchev–Trinajstić information content (AvgIpc) is 2.86. The van der Waals surface area contributed by atoms with Crippen LogP contribution in [-0.2, 0) is 14.3 Å². The maximum absolute atomic E-state index is 13.8. The Morgan fingerprint density at radius 1 is 1.11 bits per heavy atom. The highest BCUT2D eigenvalue weighted by atomic mass is 35.5. The number of nitrogens with zero attached hydrogens (tertiary/aromatic N) is 1. The molecule has 0 saturated heterocycles. The topological polar surface area (TPSA) is 86.8 Å². The summed E-state index contributed by atoms with van der Waals surface area (Å²) < 4.78 is 29.9. The number of carbonyl (C=O) groups excluding carboxylic acids is 2. The molecule has 1 N–H and O–H groups in total. The van der Waals surface area contributed by atoms with Crippen LogP contribution >= 0.6 is 23.8 Å². The van der Waals surface area contributed by atoms with Gasteiger partial charge in [0.15, 0.2) is 11.3 Å². The van der Waals surface area contributed by atoms with E-state index < -0.39 is 29.5 Å². The fraction of sp³-hybridized carbons (Fsp3) is 0.286. The zero-order valence-corrected chi connectivity index (χ0v) is 23.2. The van der Waals surface area contributed by atoms with Gasteiger partial charge in [-0.25, -0.2) is 14.2 Å². The van der Waals surface area contributed by atoms with Crippen molar-refractivity contribution in [1.29, 1.82) is 0 Å². The maximum atomic E-state index is 13.8. The molecule has 0 aliphatic carbocycles. The molecule has 0 aliphatic heterocycles. The predicted molar refractivity (Wildman–Crippen MR) is 146 cm³/mol. The highest BCUT2D eigenvalue weighted by Gasteiger charge is 2.30. The van der Waals surface area contributed by atoms with Crippen LogP contribution in [-0.4, -0.2) is 40.6 Å². The highest BCUT2D eigenvalue weighted by molar-refractivity contribution is 7.80. The lowest BCUT2D eigenvalue weighted by molar-refractivity contribution is -0.147. The van der Waals surface area contributed by atoms with Crippen molar-refractivity contribution >= 4 is 40.7 Å². The second-order valence-electron chi connectivity index (χ2n) is 8.66. The zero-order chi connectivity index (χ0) is 28.0. The van der Waals surface area contributed by atoms with E-state index in [1.54, 1.807) is 19.9 Å². The number of aromatic nitrogens is 1. The van der Waals surface area contributed by atoms with Crippen LogP contribution in [0.1, 0.15) is 47.7 Å². The standard InChI is InChI=1S/C28H28ClFN2O5S/c1-15-6-8-19(9-7-15)23(21-11-10-20(30)14-16(21)2)26(29)37-28(34)17(3)32-27(38)24-25(36-18(4)33)22(35-5)12-13-31-24/h6-14,17,23,26H,1-5H3,(H,32,38)/t17-,23-,26+/m0/s1. The van der Waals surface area contributed by atoms with Gasteiger partial charge in [-0.2, -0.15) is 0 Å². The minimum Gasteiger partial charge on any atom is -0.493 e. The number of rotatable bonds is 9. The molecule has 0 amide bonds. The Balaban J connectivity index is 1.82. The Morgan fingerprint density at radius 3 is 2.39 bits per heavy atom. The SMILES string of the molecule is COc1ccnc(C(=S)N[C@@H](C)C(=O)O[C@@H](Cl)[C@@H](c2ccc(C)cc2)c2ccc(F)cc2C)c1OC(C)=O. The first-order chi connectivity index (χ1) is 18.0. The Kier molecular flexibility index (Phi) is 9.77. The van der Waals surface area contributed by atoms with Gasteiger partial charge in [-0.05, 0) is 49.6 Å². The maximum Gasteiger partial charge on any atom is 0.329 e. The first kappa shape index (κ1) is 29.0. The van der Waals surface area contributed by atoms with Crippen molar-refractivity contribution in [2.24, 2.45) is 0 Å². The second-order valence-corrected chi connectivity index (χ2v) is 9.50. The molecule has 0 fully saturated rings. The minimum atomic E-state index is -1.11. The van der Waals surface area contributed by atoms with Crippen molar-refractivity contribution < 1.29 is 28.2 Å². The van der Waals surface area contributed by atoms with E-state index in [-0.39, 0.29) is 28.0 Å². The van der Waals surface area contributed by atoms with Gasteiger partial charge in [-0.1, -0.05) is 59.7 Å². The van der Waals surface area contributed by atoms with Crippen LogP contribution in [0.4, 0.5) is 4.39 Å². The number of carbonyl (C=O) groups is 2. The number of halogens is 2. The van der Waals surface area contributed by atoms with Crippen LogP contribution in [0.15, 0.2) is 54.7 Å². The summed E-state index contributed by atoms with van der Waals surface area (Å²) in [5, 5.41) is 2.85. The van der Waals surface area contributed by atoms with Gasteiger partial charge in [0.25, 0.3) is 0 Å². The van der Waals surface area contributed by atoms with Crippen molar-refractivity contribution in [3.63, 3.8) is 0 Å². The van der Waals surface area contributed by atoms with Gasteiger partial charge in [-0.3, -0.25) is 4.79 Å². The van der Waals surface area contributed by atoms with E-state index in [0.29, 0.717) is 5.56 Å². The summed E-state index contributed by atoms with van der Waals surface area (Å²) in [4.78, 5) is 28.9. The first-order valence-electron chi connectivity index (χ1n) is 11.7. The Bertz CT molecular complexity index is 1340. The van der Waals surface area contributed by atoms with Crippen molar-refractivity contribution in [3.05, 3.63) is 88.5 Å².